The number of hydrogen-bond acceptors (Lipinski definition) is 3. The topological polar surface area (TPSA) is 32.7 Å². The van der Waals surface area contributed by atoms with Crippen LogP contribution in [0, 0.1) is 0 Å². The van der Waals surface area contributed by atoms with E-state index in [0.29, 0.717) is 5.75 Å². The molecular weight excluding hydrogens is 184 g/mol. The van der Waals surface area contributed by atoms with Crippen molar-refractivity contribution in [2.75, 3.05) is 10.8 Å². The van der Waals surface area contributed by atoms with Crippen molar-refractivity contribution < 1.29 is 4.79 Å². The molecular formula is C9H8N2OS. The van der Waals surface area contributed by atoms with E-state index in [2.05, 4.69) is 5.10 Å². The number of nitrogens with zero attached hydrogens (tertiary/aromatic N) is 2. The van der Waals surface area contributed by atoms with E-state index in [9.17, 15) is 4.79 Å². The summed E-state index contributed by atoms with van der Waals surface area (Å²) in [5.41, 5.74) is 0.816. The second-order valence-corrected chi connectivity index (χ2v) is 3.49. The SMILES string of the molecule is O=C1SCC=NN1c1ccccc1. The fraction of sp³-hybridized carbons (Fsp3) is 0.111. The highest BCUT2D eigenvalue weighted by atomic mass is 32.2. The second kappa shape index (κ2) is 3.62. The van der Waals surface area contributed by atoms with Gasteiger partial charge in [0.15, 0.2) is 0 Å². The summed E-state index contributed by atoms with van der Waals surface area (Å²) in [5.74, 6) is 0.669. The highest BCUT2D eigenvalue weighted by Gasteiger charge is 2.17. The van der Waals surface area contributed by atoms with Crippen LogP contribution in [0.25, 0.3) is 0 Å². The molecule has 0 atom stereocenters. The van der Waals surface area contributed by atoms with Crippen LogP contribution in [0.2, 0.25) is 0 Å². The molecule has 1 aromatic rings. The molecule has 3 nitrogen and oxygen atoms in total. The first-order valence-electron chi connectivity index (χ1n) is 3.92. The number of anilines is 1. The molecule has 0 fully saturated rings. The quantitative estimate of drug-likeness (QED) is 0.684. The van der Waals surface area contributed by atoms with Gasteiger partial charge in [-0.25, -0.2) is 0 Å². The van der Waals surface area contributed by atoms with Gasteiger partial charge in [-0.2, -0.15) is 10.1 Å². The van der Waals surface area contributed by atoms with E-state index in [1.165, 1.54) is 16.8 Å². The van der Waals surface area contributed by atoms with Gasteiger partial charge in [-0.3, -0.25) is 4.79 Å². The van der Waals surface area contributed by atoms with Gasteiger partial charge in [0.05, 0.1) is 5.69 Å². The lowest BCUT2D eigenvalue weighted by Crippen LogP contribution is -2.24. The third-order valence-electron chi connectivity index (χ3n) is 1.65. The molecule has 1 aliphatic heterocycles. The number of amides is 1. The molecule has 0 saturated carbocycles. The predicted octanol–water partition coefficient (Wildman–Crippen LogP) is 2.35. The normalized spacial score (nSPS) is 16.3. The minimum atomic E-state index is -0.0197. The summed E-state index contributed by atoms with van der Waals surface area (Å²) in [5, 5.41) is 5.41. The minimum Gasteiger partial charge on any atom is -0.259 e. The van der Waals surface area contributed by atoms with Crippen LogP contribution < -0.4 is 5.01 Å². The fourth-order valence-corrected chi connectivity index (χ4v) is 1.63. The number of rotatable bonds is 1. The van der Waals surface area contributed by atoms with Gasteiger partial charge in [0, 0.05) is 12.0 Å². The van der Waals surface area contributed by atoms with E-state index < -0.39 is 0 Å². The highest BCUT2D eigenvalue weighted by molar-refractivity contribution is 8.14. The van der Waals surface area contributed by atoms with Crippen LogP contribution in [-0.4, -0.2) is 17.2 Å². The highest BCUT2D eigenvalue weighted by Crippen LogP contribution is 2.21. The molecule has 1 heterocycles. The van der Waals surface area contributed by atoms with Gasteiger partial charge in [0.1, 0.15) is 0 Å². The molecule has 0 aromatic heterocycles. The van der Waals surface area contributed by atoms with Crippen molar-refractivity contribution in [1.29, 1.82) is 0 Å². The van der Waals surface area contributed by atoms with Gasteiger partial charge in [-0.05, 0) is 12.1 Å². The Morgan fingerprint density at radius 2 is 2.08 bits per heavy atom. The smallest absolute Gasteiger partial charge is 0.259 e. The van der Waals surface area contributed by atoms with Crippen LogP contribution in [0.3, 0.4) is 0 Å². The zero-order chi connectivity index (χ0) is 9.10. The Morgan fingerprint density at radius 3 is 2.77 bits per heavy atom. The molecule has 0 spiro atoms. The van der Waals surface area contributed by atoms with Gasteiger partial charge < -0.3 is 0 Å². The van der Waals surface area contributed by atoms with Crippen molar-refractivity contribution in [3.8, 4) is 0 Å². The number of hydrogen-bond donors (Lipinski definition) is 0. The molecule has 0 aliphatic carbocycles. The summed E-state index contributed by atoms with van der Waals surface area (Å²) in [6.07, 6.45) is 1.74. The third-order valence-corrected chi connectivity index (χ3v) is 2.39. The number of thioether (sulfide) groups is 1. The Morgan fingerprint density at radius 1 is 1.31 bits per heavy atom. The monoisotopic (exact) mass is 192 g/mol. The van der Waals surface area contributed by atoms with Crippen molar-refractivity contribution in [3.63, 3.8) is 0 Å². The van der Waals surface area contributed by atoms with Crippen molar-refractivity contribution in [2.45, 2.75) is 0 Å². The summed E-state index contributed by atoms with van der Waals surface area (Å²) in [4.78, 5) is 11.4. The molecule has 0 N–H and O–H groups in total. The van der Waals surface area contributed by atoms with Crippen LogP contribution in [-0.2, 0) is 0 Å². The first kappa shape index (κ1) is 8.31. The molecule has 0 bridgehead atoms. The molecule has 0 saturated heterocycles. The first-order valence-corrected chi connectivity index (χ1v) is 4.91. The molecule has 13 heavy (non-hydrogen) atoms. The predicted molar refractivity (Wildman–Crippen MR) is 55.3 cm³/mol. The lowest BCUT2D eigenvalue weighted by atomic mass is 10.3. The summed E-state index contributed by atoms with van der Waals surface area (Å²) >= 11 is 1.26. The first-order chi connectivity index (χ1) is 6.38. The standard InChI is InChI=1S/C9H8N2OS/c12-9-11(10-6-7-13-9)8-4-2-1-3-5-8/h1-6H,7H2. The summed E-state index contributed by atoms with van der Waals surface area (Å²) in [6.45, 7) is 0. The van der Waals surface area contributed by atoms with Gasteiger partial charge in [0.2, 0.25) is 0 Å². The number of carbonyl (C=O) groups is 1. The van der Waals surface area contributed by atoms with Gasteiger partial charge in [0.25, 0.3) is 0 Å². The van der Waals surface area contributed by atoms with Gasteiger partial charge >= 0.3 is 5.24 Å². The molecule has 0 unspecified atom stereocenters. The van der Waals surface area contributed by atoms with Crippen LogP contribution in [0.5, 0.6) is 0 Å². The van der Waals surface area contributed by atoms with Gasteiger partial charge in [-0.15, -0.1) is 0 Å². The van der Waals surface area contributed by atoms with E-state index in [1.54, 1.807) is 6.21 Å². The molecule has 66 valence electrons. The number of para-hydroxylation sites is 1. The third kappa shape index (κ3) is 1.72. The molecule has 1 amide bonds. The van der Waals surface area contributed by atoms with E-state index in [0.717, 1.165) is 5.69 Å². The van der Waals surface area contributed by atoms with Crippen LogP contribution in [0.15, 0.2) is 35.4 Å². The number of carbonyl (C=O) groups excluding carboxylic acids is 1. The minimum absolute atomic E-state index is 0.0197. The van der Waals surface area contributed by atoms with Crippen molar-refractivity contribution >= 4 is 28.9 Å². The van der Waals surface area contributed by atoms with Crippen molar-refractivity contribution in [3.05, 3.63) is 30.3 Å². The number of benzene rings is 1. The Balaban J connectivity index is 2.30. The Labute approximate surface area is 80.4 Å². The molecule has 4 heteroatoms. The van der Waals surface area contributed by atoms with Crippen molar-refractivity contribution in [2.24, 2.45) is 5.10 Å². The molecule has 1 aliphatic rings. The largest absolute Gasteiger partial charge is 0.306 e. The van der Waals surface area contributed by atoms with E-state index in [4.69, 9.17) is 0 Å². The van der Waals surface area contributed by atoms with Crippen LogP contribution in [0.1, 0.15) is 0 Å². The lowest BCUT2D eigenvalue weighted by molar-refractivity contribution is 0.265. The van der Waals surface area contributed by atoms with E-state index >= 15 is 0 Å². The fourth-order valence-electron chi connectivity index (χ4n) is 1.07. The number of hydrazone groups is 1. The van der Waals surface area contributed by atoms with E-state index in [1.807, 2.05) is 30.3 Å². The van der Waals surface area contributed by atoms with E-state index in [-0.39, 0.29) is 5.24 Å². The lowest BCUT2D eigenvalue weighted by Gasteiger charge is -2.18. The Kier molecular flexibility index (Phi) is 2.31. The van der Waals surface area contributed by atoms with Crippen LogP contribution in [0.4, 0.5) is 10.5 Å². The maximum absolute atomic E-state index is 11.4. The van der Waals surface area contributed by atoms with Crippen molar-refractivity contribution in [1.82, 2.24) is 0 Å². The summed E-state index contributed by atoms with van der Waals surface area (Å²) in [7, 11) is 0. The zero-order valence-electron chi connectivity index (χ0n) is 6.88. The molecule has 0 radical (unpaired) electrons. The maximum atomic E-state index is 11.4. The Bertz CT molecular complexity index is 337. The van der Waals surface area contributed by atoms with Gasteiger partial charge in [-0.1, -0.05) is 30.0 Å². The van der Waals surface area contributed by atoms with Crippen LogP contribution >= 0.6 is 11.8 Å². The molecule has 1 aromatic carbocycles. The molecule has 2 rings (SSSR count). The average molecular weight is 192 g/mol. The summed E-state index contributed by atoms with van der Waals surface area (Å²) < 4.78 is 0. The second-order valence-electron chi connectivity index (χ2n) is 2.52. The average Bonchev–Trinajstić information content (AvgIpc) is 2.20. The summed E-state index contributed by atoms with van der Waals surface area (Å²) in [6, 6.07) is 9.41. The Hall–Kier alpha value is -1.29. The zero-order valence-corrected chi connectivity index (χ0v) is 7.70. The maximum Gasteiger partial charge on any atom is 0.306 e.